The van der Waals surface area contributed by atoms with Crippen LogP contribution in [0.15, 0.2) is 69.6 Å². The van der Waals surface area contributed by atoms with Gasteiger partial charge in [0.15, 0.2) is 5.16 Å². The second kappa shape index (κ2) is 11.1. The Balaban J connectivity index is 1.34. The minimum Gasteiger partial charge on any atom is -0.465 e. The van der Waals surface area contributed by atoms with Gasteiger partial charge in [-0.3, -0.25) is 14.2 Å². The first-order chi connectivity index (χ1) is 18.0. The highest BCUT2D eigenvalue weighted by atomic mass is 32.2. The molecule has 0 fully saturated rings. The van der Waals surface area contributed by atoms with Gasteiger partial charge in [0.1, 0.15) is 4.83 Å². The molecule has 1 aliphatic carbocycles. The molecule has 10 heteroatoms. The van der Waals surface area contributed by atoms with E-state index in [0.717, 1.165) is 36.1 Å². The van der Waals surface area contributed by atoms with Crippen molar-refractivity contribution < 1.29 is 14.3 Å². The molecule has 37 heavy (non-hydrogen) atoms. The zero-order chi connectivity index (χ0) is 25.8. The number of amides is 1. The molecule has 0 unspecified atom stereocenters. The van der Waals surface area contributed by atoms with E-state index in [1.807, 2.05) is 30.3 Å². The normalized spacial score (nSPS) is 13.0. The van der Waals surface area contributed by atoms with Gasteiger partial charge < -0.3 is 4.74 Å². The molecule has 0 radical (unpaired) electrons. The highest BCUT2D eigenvalue weighted by molar-refractivity contribution is 7.99. The molecule has 8 nitrogen and oxygen atoms in total. The van der Waals surface area contributed by atoms with Crippen LogP contribution in [0.4, 0.5) is 0 Å². The Hall–Kier alpha value is -3.76. The molecular formula is C27H24N4O4S2. The monoisotopic (exact) mass is 532 g/mol. The van der Waals surface area contributed by atoms with Crippen molar-refractivity contribution in [3.05, 3.63) is 86.5 Å². The van der Waals surface area contributed by atoms with E-state index in [4.69, 9.17) is 4.98 Å². The molecule has 0 bridgehead atoms. The Labute approximate surface area is 221 Å². The zero-order valence-corrected chi connectivity index (χ0v) is 21.7. The summed E-state index contributed by atoms with van der Waals surface area (Å²) in [5.41, 5.74) is 5.41. The van der Waals surface area contributed by atoms with Crippen LogP contribution in [0.1, 0.15) is 39.2 Å². The van der Waals surface area contributed by atoms with Gasteiger partial charge in [0.05, 0.1) is 35.7 Å². The molecule has 0 saturated carbocycles. The van der Waals surface area contributed by atoms with Crippen LogP contribution in [0.2, 0.25) is 0 Å². The van der Waals surface area contributed by atoms with Crippen molar-refractivity contribution in [2.24, 2.45) is 5.10 Å². The van der Waals surface area contributed by atoms with Crippen LogP contribution in [-0.4, -0.2) is 40.5 Å². The quantitative estimate of drug-likeness (QED) is 0.125. The SMILES string of the molecule is COC(=O)c1ccc(/C=N/NC(=O)CSc2nc3sc4c(c3c(=O)n2-c2ccccc2)CCCC4)cc1. The number of nitrogens with zero attached hydrogens (tertiary/aromatic N) is 3. The molecule has 0 atom stereocenters. The maximum atomic E-state index is 13.7. The fourth-order valence-corrected chi connectivity index (χ4v) is 6.36. The number of carbonyl (C=O) groups is 2. The molecule has 188 valence electrons. The molecule has 1 N–H and O–H groups in total. The molecule has 0 aliphatic heterocycles. The summed E-state index contributed by atoms with van der Waals surface area (Å²) in [6.07, 6.45) is 5.58. The number of thiophene rings is 1. The van der Waals surface area contributed by atoms with Crippen LogP contribution >= 0.6 is 23.1 Å². The molecule has 1 amide bonds. The predicted octanol–water partition coefficient (Wildman–Crippen LogP) is 4.36. The third kappa shape index (κ3) is 5.35. The van der Waals surface area contributed by atoms with E-state index in [9.17, 15) is 14.4 Å². The lowest BCUT2D eigenvalue weighted by molar-refractivity contribution is -0.118. The van der Waals surface area contributed by atoms with Crippen LogP contribution in [0.3, 0.4) is 0 Å². The number of benzene rings is 2. The zero-order valence-electron chi connectivity index (χ0n) is 20.1. The molecule has 1 aliphatic rings. The number of aromatic nitrogens is 2. The third-order valence-corrected chi connectivity index (χ3v) is 8.16. The van der Waals surface area contributed by atoms with E-state index in [1.54, 1.807) is 40.2 Å². The first kappa shape index (κ1) is 24.9. The van der Waals surface area contributed by atoms with Crippen molar-refractivity contribution in [3.8, 4) is 5.69 Å². The van der Waals surface area contributed by atoms with Crippen molar-refractivity contribution in [2.75, 3.05) is 12.9 Å². The number of esters is 1. The number of fused-ring (bicyclic) bond motifs is 3. The van der Waals surface area contributed by atoms with Gasteiger partial charge in [-0.05, 0) is 61.1 Å². The van der Waals surface area contributed by atoms with Crippen LogP contribution in [0.5, 0.6) is 0 Å². The number of ether oxygens (including phenoxy) is 1. The second-order valence-electron chi connectivity index (χ2n) is 8.46. The number of hydrogen-bond donors (Lipinski definition) is 1. The highest BCUT2D eigenvalue weighted by Gasteiger charge is 2.23. The lowest BCUT2D eigenvalue weighted by Gasteiger charge is -2.13. The maximum absolute atomic E-state index is 13.7. The van der Waals surface area contributed by atoms with Gasteiger partial charge >= 0.3 is 5.97 Å². The number of methoxy groups -OCH3 is 1. The smallest absolute Gasteiger partial charge is 0.337 e. The van der Waals surface area contributed by atoms with Crippen LogP contribution in [0.25, 0.3) is 15.9 Å². The predicted molar refractivity (Wildman–Crippen MR) is 146 cm³/mol. The van der Waals surface area contributed by atoms with Gasteiger partial charge in [-0.15, -0.1) is 11.3 Å². The molecule has 4 aromatic rings. The summed E-state index contributed by atoms with van der Waals surface area (Å²) in [5, 5.41) is 5.18. The Kier molecular flexibility index (Phi) is 7.47. The number of carbonyl (C=O) groups excluding carboxylic acids is 2. The van der Waals surface area contributed by atoms with Gasteiger partial charge in [-0.25, -0.2) is 15.2 Å². The van der Waals surface area contributed by atoms with Gasteiger partial charge in [0.2, 0.25) is 0 Å². The minimum absolute atomic E-state index is 0.0362. The fraction of sp³-hybridized carbons (Fsp3) is 0.222. The Morgan fingerprint density at radius 1 is 1.14 bits per heavy atom. The number of hydrogen-bond acceptors (Lipinski definition) is 8. The number of para-hydroxylation sites is 1. The summed E-state index contributed by atoms with van der Waals surface area (Å²) >= 11 is 2.79. The van der Waals surface area contributed by atoms with Crippen molar-refractivity contribution in [1.29, 1.82) is 0 Å². The largest absolute Gasteiger partial charge is 0.465 e. The van der Waals surface area contributed by atoms with Gasteiger partial charge in [0.25, 0.3) is 11.5 Å². The highest BCUT2D eigenvalue weighted by Crippen LogP contribution is 2.35. The van der Waals surface area contributed by atoms with Crippen LogP contribution in [-0.2, 0) is 22.4 Å². The first-order valence-corrected chi connectivity index (χ1v) is 13.6. The summed E-state index contributed by atoms with van der Waals surface area (Å²) in [6.45, 7) is 0. The van der Waals surface area contributed by atoms with E-state index < -0.39 is 5.97 Å². The summed E-state index contributed by atoms with van der Waals surface area (Å²) < 4.78 is 6.29. The van der Waals surface area contributed by atoms with Crippen molar-refractivity contribution in [2.45, 2.75) is 30.8 Å². The third-order valence-electron chi connectivity index (χ3n) is 6.04. The molecule has 2 aromatic heterocycles. The van der Waals surface area contributed by atoms with Gasteiger partial charge in [0, 0.05) is 4.88 Å². The van der Waals surface area contributed by atoms with E-state index in [2.05, 4.69) is 15.3 Å². The fourth-order valence-electron chi connectivity index (χ4n) is 4.25. The number of hydrazone groups is 1. The standard InChI is InChI=1S/C27H24N4O4S2/c1-35-26(34)18-13-11-17(12-14-18)15-28-30-22(32)16-36-27-29-24-23(20-9-5-6-10-21(20)37-24)25(33)31(27)19-7-3-2-4-8-19/h2-4,7-8,11-15H,5-6,9-10,16H2,1H3,(H,30,32)/b28-15+. The lowest BCUT2D eigenvalue weighted by Crippen LogP contribution is -2.24. The number of nitrogens with one attached hydrogen (secondary N) is 1. The Bertz CT molecular complexity index is 1540. The summed E-state index contributed by atoms with van der Waals surface area (Å²) in [6, 6.07) is 16.0. The lowest BCUT2D eigenvalue weighted by atomic mass is 9.97. The molecule has 0 saturated heterocycles. The van der Waals surface area contributed by atoms with Crippen LogP contribution < -0.4 is 11.0 Å². The van der Waals surface area contributed by atoms with Gasteiger partial charge in [-0.1, -0.05) is 42.1 Å². The van der Waals surface area contributed by atoms with E-state index >= 15 is 0 Å². The molecule has 0 spiro atoms. The summed E-state index contributed by atoms with van der Waals surface area (Å²) in [4.78, 5) is 44.6. The van der Waals surface area contributed by atoms with Gasteiger partial charge in [-0.2, -0.15) is 5.10 Å². The molecule has 5 rings (SSSR count). The number of thioether (sulfide) groups is 1. The van der Waals surface area contributed by atoms with Crippen molar-refractivity contribution >= 4 is 51.4 Å². The van der Waals surface area contributed by atoms with E-state index in [0.29, 0.717) is 27.4 Å². The summed E-state index contributed by atoms with van der Waals surface area (Å²) in [7, 11) is 1.33. The average molecular weight is 533 g/mol. The van der Waals surface area contributed by atoms with E-state index in [1.165, 1.54) is 30.0 Å². The Morgan fingerprint density at radius 3 is 2.65 bits per heavy atom. The minimum atomic E-state index is -0.419. The molecular weight excluding hydrogens is 508 g/mol. The van der Waals surface area contributed by atoms with Crippen molar-refractivity contribution in [3.63, 3.8) is 0 Å². The second-order valence-corrected chi connectivity index (χ2v) is 10.5. The molecule has 2 aromatic carbocycles. The van der Waals surface area contributed by atoms with Crippen LogP contribution in [0, 0.1) is 0 Å². The van der Waals surface area contributed by atoms with E-state index in [-0.39, 0.29) is 17.2 Å². The topological polar surface area (TPSA) is 103 Å². The maximum Gasteiger partial charge on any atom is 0.337 e. The number of rotatable bonds is 7. The average Bonchev–Trinajstić information content (AvgIpc) is 3.31. The first-order valence-electron chi connectivity index (χ1n) is 11.8. The number of aryl methyl sites for hydroxylation is 2. The summed E-state index contributed by atoms with van der Waals surface area (Å²) in [5.74, 6) is -0.710. The molecule has 2 heterocycles. The Morgan fingerprint density at radius 2 is 1.89 bits per heavy atom. The van der Waals surface area contributed by atoms with Crippen molar-refractivity contribution in [1.82, 2.24) is 15.0 Å².